The van der Waals surface area contributed by atoms with Crippen molar-refractivity contribution in [1.29, 1.82) is 0 Å². The first-order valence-corrected chi connectivity index (χ1v) is 21.8. The number of anilines is 2. The van der Waals surface area contributed by atoms with Gasteiger partial charge in [0.2, 0.25) is 17.7 Å². The van der Waals surface area contributed by atoms with Crippen LogP contribution in [0.3, 0.4) is 0 Å². The molecule has 2 aliphatic carbocycles. The quantitative estimate of drug-likeness (QED) is 0.203. The number of piperidine rings is 2. The van der Waals surface area contributed by atoms with Crippen molar-refractivity contribution in [3.63, 3.8) is 0 Å². The van der Waals surface area contributed by atoms with E-state index in [9.17, 15) is 14.4 Å². The predicted octanol–water partition coefficient (Wildman–Crippen LogP) is 4.48. The van der Waals surface area contributed by atoms with E-state index in [1.807, 2.05) is 24.3 Å². The maximum Gasteiger partial charge on any atom is 0.255 e. The summed E-state index contributed by atoms with van der Waals surface area (Å²) in [6.45, 7) is 9.08. The van der Waals surface area contributed by atoms with Crippen molar-refractivity contribution >= 4 is 40.1 Å². The van der Waals surface area contributed by atoms with Crippen molar-refractivity contribution in [1.82, 2.24) is 40.3 Å². The third kappa shape index (κ3) is 7.75. The van der Waals surface area contributed by atoms with Crippen LogP contribution in [0.1, 0.15) is 87.1 Å². The number of H-pyrrole nitrogens is 1. The number of rotatable bonds is 11. The van der Waals surface area contributed by atoms with Gasteiger partial charge in [-0.1, -0.05) is 0 Å². The minimum Gasteiger partial charge on any atom is -0.494 e. The number of carbonyl (C=O) groups excluding carboxylic acids is 3. The number of pyridine rings is 1. The maximum atomic E-state index is 13.4. The molecule has 16 heteroatoms. The molecule has 1 unspecified atom stereocenters. The lowest BCUT2D eigenvalue weighted by molar-refractivity contribution is -0.136. The van der Waals surface area contributed by atoms with E-state index in [1.54, 1.807) is 24.5 Å². The highest BCUT2D eigenvalue weighted by Crippen LogP contribution is 2.42. The molecule has 1 atom stereocenters. The summed E-state index contributed by atoms with van der Waals surface area (Å²) in [5.74, 6) is 2.04. The molecule has 0 radical (unpaired) electrons. The number of nitrogens with one attached hydrogen (secondary N) is 2. The standard InChI is InChI=1S/C44H54N10O6/c1-44(13-14-44)60-39-21-31-34(23-45-39)49-50-40(31)33-22-37(47-26-46-33)53-19-17-51(18-20-53)24-27-3-5-28(6-4-27)59-29-11-15-52(16-12-29)35-8-7-30-32(41(35)58-2)25-54(43(30)57)36-9-10-38(55)48-42(36)56/h7-8,21-23,26-29,36H,3-6,9-20,24-25H2,1-2H3,(H,49,50)(H,48,55,56)/t27-,28-,36?. The van der Waals surface area contributed by atoms with Crippen LogP contribution in [0.15, 0.2) is 36.8 Å². The molecule has 2 N–H and O–H groups in total. The highest BCUT2D eigenvalue weighted by molar-refractivity contribution is 6.06. The summed E-state index contributed by atoms with van der Waals surface area (Å²) in [5, 5.41) is 11.0. The van der Waals surface area contributed by atoms with Crippen LogP contribution in [0.25, 0.3) is 22.3 Å². The number of hydrogen-bond acceptors (Lipinski definition) is 13. The Labute approximate surface area is 349 Å². The van der Waals surface area contributed by atoms with Gasteiger partial charge < -0.3 is 28.9 Å². The fourth-order valence-corrected chi connectivity index (χ4v) is 9.89. The first-order valence-electron chi connectivity index (χ1n) is 21.8. The Morgan fingerprint density at radius 2 is 1.65 bits per heavy atom. The maximum absolute atomic E-state index is 13.4. The van der Waals surface area contributed by atoms with Crippen molar-refractivity contribution in [2.75, 3.05) is 62.7 Å². The summed E-state index contributed by atoms with van der Waals surface area (Å²) in [7, 11) is 1.64. The zero-order valence-corrected chi connectivity index (χ0v) is 34.5. The number of fused-ring (bicyclic) bond motifs is 2. The van der Waals surface area contributed by atoms with Crippen LogP contribution in [0.2, 0.25) is 0 Å². The molecular weight excluding hydrogens is 765 g/mol. The van der Waals surface area contributed by atoms with E-state index in [-0.39, 0.29) is 29.9 Å². The van der Waals surface area contributed by atoms with Gasteiger partial charge in [-0.05, 0) is 82.8 Å². The van der Waals surface area contributed by atoms with E-state index in [4.69, 9.17) is 14.2 Å². The lowest BCUT2D eigenvalue weighted by Crippen LogP contribution is -2.52. The molecule has 60 heavy (non-hydrogen) atoms. The summed E-state index contributed by atoms with van der Waals surface area (Å²) in [6.07, 6.45) is 13.1. The van der Waals surface area contributed by atoms with Gasteiger partial charge in [-0.25, -0.2) is 15.0 Å². The minimum absolute atomic E-state index is 0.105. The van der Waals surface area contributed by atoms with E-state index in [1.165, 1.54) is 12.8 Å². The van der Waals surface area contributed by atoms with Crippen LogP contribution in [0, 0.1) is 5.92 Å². The Bertz CT molecular complexity index is 2270. The van der Waals surface area contributed by atoms with Crippen molar-refractivity contribution in [3.05, 3.63) is 47.9 Å². The van der Waals surface area contributed by atoms with Crippen LogP contribution in [-0.2, 0) is 20.9 Å². The number of carbonyl (C=O) groups is 3. The number of aromatic amines is 1. The summed E-state index contributed by atoms with van der Waals surface area (Å²) >= 11 is 0. The molecule has 5 fully saturated rings. The third-order valence-corrected chi connectivity index (χ3v) is 13.6. The Hall–Kier alpha value is -5.35. The van der Waals surface area contributed by atoms with Crippen LogP contribution < -0.4 is 24.6 Å². The predicted molar refractivity (Wildman–Crippen MR) is 223 cm³/mol. The number of aromatic nitrogens is 5. The number of imide groups is 1. The molecule has 0 bridgehead atoms. The molecular formula is C44H54N10O6. The Morgan fingerprint density at radius 1 is 0.867 bits per heavy atom. The van der Waals surface area contributed by atoms with E-state index in [0.29, 0.717) is 42.2 Å². The Morgan fingerprint density at radius 3 is 2.40 bits per heavy atom. The number of benzene rings is 1. The average Bonchev–Trinajstić information content (AvgIpc) is 3.68. The molecule has 0 spiro atoms. The summed E-state index contributed by atoms with van der Waals surface area (Å²) in [6, 6.07) is 7.19. The largest absolute Gasteiger partial charge is 0.494 e. The monoisotopic (exact) mass is 818 g/mol. The van der Waals surface area contributed by atoms with Gasteiger partial charge in [-0.3, -0.25) is 29.7 Å². The number of hydrogen-bond donors (Lipinski definition) is 2. The number of amides is 3. The van der Waals surface area contributed by atoms with Crippen molar-refractivity contribution < 1.29 is 28.6 Å². The third-order valence-electron chi connectivity index (χ3n) is 13.6. The minimum atomic E-state index is -0.652. The molecule has 7 heterocycles. The van der Waals surface area contributed by atoms with Gasteiger partial charge in [0.1, 0.15) is 35.2 Å². The average molecular weight is 819 g/mol. The van der Waals surface area contributed by atoms with Gasteiger partial charge in [0.05, 0.1) is 49.0 Å². The first kappa shape index (κ1) is 38.8. The van der Waals surface area contributed by atoms with Crippen LogP contribution in [0.5, 0.6) is 11.6 Å². The molecule has 1 aromatic carbocycles. The fraction of sp³-hybridized carbons (Fsp3) is 0.568. The van der Waals surface area contributed by atoms with Crippen molar-refractivity contribution in [2.24, 2.45) is 5.92 Å². The van der Waals surface area contributed by atoms with Crippen LogP contribution >= 0.6 is 0 Å². The normalized spacial score (nSPS) is 24.8. The van der Waals surface area contributed by atoms with Gasteiger partial charge in [-0.15, -0.1) is 0 Å². The molecule has 2 saturated carbocycles. The van der Waals surface area contributed by atoms with Crippen molar-refractivity contribution in [2.45, 2.75) is 102 Å². The topological polar surface area (TPSA) is 171 Å². The highest BCUT2D eigenvalue weighted by Gasteiger charge is 2.42. The van der Waals surface area contributed by atoms with Gasteiger partial charge in [0.25, 0.3) is 5.91 Å². The fourth-order valence-electron chi connectivity index (χ4n) is 9.89. The van der Waals surface area contributed by atoms with Crippen LogP contribution in [-0.4, -0.2) is 129 Å². The SMILES string of the molecule is COc1c(N2CCC(O[C@H]3CC[C@H](CN4CCN(c5cc(-c6n[nH]c7cnc(OC8(C)CC8)cc67)ncn5)CC4)CC3)CC2)ccc2c1CN(C1CCC(=O)NC1=O)C2=O. The number of piperazine rings is 1. The zero-order valence-electron chi connectivity index (χ0n) is 34.5. The molecule has 16 nitrogen and oxygen atoms in total. The molecule has 3 aromatic heterocycles. The summed E-state index contributed by atoms with van der Waals surface area (Å²) < 4.78 is 18.8. The summed E-state index contributed by atoms with van der Waals surface area (Å²) in [4.78, 5) is 60.2. The molecule has 3 saturated heterocycles. The van der Waals surface area contributed by atoms with Gasteiger partial charge in [-0.2, -0.15) is 5.10 Å². The van der Waals surface area contributed by atoms with Crippen molar-refractivity contribution in [3.8, 4) is 23.0 Å². The highest BCUT2D eigenvalue weighted by atomic mass is 16.5. The second-order valence-electron chi connectivity index (χ2n) is 17.8. The second-order valence-corrected chi connectivity index (χ2v) is 17.8. The summed E-state index contributed by atoms with van der Waals surface area (Å²) in [5.41, 5.74) is 4.66. The second kappa shape index (κ2) is 15.9. The van der Waals surface area contributed by atoms with E-state index < -0.39 is 11.9 Å². The Kier molecular flexibility index (Phi) is 10.3. The molecule has 316 valence electrons. The molecule has 4 aliphatic heterocycles. The zero-order chi connectivity index (χ0) is 41.0. The first-order chi connectivity index (χ1) is 29.2. The Balaban J connectivity index is 0.673. The molecule has 10 rings (SSSR count). The molecule has 6 aliphatic rings. The van der Waals surface area contributed by atoms with Gasteiger partial charge in [0.15, 0.2) is 0 Å². The molecule has 3 amide bonds. The number of methoxy groups -OCH3 is 1. The van der Waals surface area contributed by atoms with Gasteiger partial charge >= 0.3 is 0 Å². The van der Waals surface area contributed by atoms with E-state index >= 15 is 0 Å². The van der Waals surface area contributed by atoms with Gasteiger partial charge in [0, 0.05) is 80.9 Å². The lowest BCUT2D eigenvalue weighted by atomic mass is 9.86. The van der Waals surface area contributed by atoms with E-state index in [0.717, 1.165) is 124 Å². The number of nitrogens with zero attached hydrogens (tertiary/aromatic N) is 8. The molecule has 4 aromatic rings. The van der Waals surface area contributed by atoms with E-state index in [2.05, 4.69) is 52.1 Å². The van der Waals surface area contributed by atoms with Crippen LogP contribution in [0.4, 0.5) is 11.5 Å². The smallest absolute Gasteiger partial charge is 0.255 e. The number of ether oxygens (including phenoxy) is 3. The lowest BCUT2D eigenvalue weighted by Gasteiger charge is -2.40.